The highest BCUT2D eigenvalue weighted by Gasteiger charge is 2.21. The van der Waals surface area contributed by atoms with Gasteiger partial charge < -0.3 is 9.30 Å². The molecule has 0 aliphatic heterocycles. The first-order chi connectivity index (χ1) is 13.9. The third-order valence-corrected chi connectivity index (χ3v) is 5.86. The van der Waals surface area contributed by atoms with E-state index in [1.54, 1.807) is 37.1 Å². The van der Waals surface area contributed by atoms with Crippen molar-refractivity contribution in [3.63, 3.8) is 0 Å². The van der Waals surface area contributed by atoms with Crippen LogP contribution in [-0.4, -0.2) is 15.5 Å². The van der Waals surface area contributed by atoms with Crippen LogP contribution in [0, 0.1) is 0 Å². The number of aromatic nitrogens is 2. The van der Waals surface area contributed by atoms with Gasteiger partial charge in [-0.3, -0.25) is 9.78 Å². The molecule has 0 aliphatic carbocycles. The minimum atomic E-state index is -0.267. The summed E-state index contributed by atoms with van der Waals surface area (Å²) in [6.45, 7) is 6.57. The molecule has 152 valence electrons. The average molecular weight is 449 g/mol. The van der Waals surface area contributed by atoms with Gasteiger partial charge in [-0.15, -0.1) is 0 Å². The van der Waals surface area contributed by atoms with E-state index >= 15 is 0 Å². The molecule has 0 saturated carbocycles. The zero-order chi connectivity index (χ0) is 21.0. The summed E-state index contributed by atoms with van der Waals surface area (Å²) >= 11 is 14.0. The summed E-state index contributed by atoms with van der Waals surface area (Å²) in [6, 6.07) is 11.3. The average Bonchev–Trinajstić information content (AvgIpc) is 2.99. The molecule has 0 atom stereocenters. The molecule has 0 saturated heterocycles. The van der Waals surface area contributed by atoms with Crippen molar-refractivity contribution in [1.29, 1.82) is 0 Å². The van der Waals surface area contributed by atoms with Crippen molar-refractivity contribution in [3.05, 3.63) is 70.0 Å². The Labute approximate surface area is 185 Å². The Morgan fingerprint density at radius 1 is 1.14 bits per heavy atom. The van der Waals surface area contributed by atoms with Gasteiger partial charge in [0.1, 0.15) is 0 Å². The van der Waals surface area contributed by atoms with E-state index in [0.717, 1.165) is 21.0 Å². The zero-order valence-electron chi connectivity index (χ0n) is 16.5. The van der Waals surface area contributed by atoms with Crippen LogP contribution in [0.4, 0.5) is 0 Å². The predicted octanol–water partition coefficient (Wildman–Crippen LogP) is 6.83. The fourth-order valence-electron chi connectivity index (χ4n) is 2.85. The van der Waals surface area contributed by atoms with Crippen LogP contribution < -0.4 is 4.74 Å². The summed E-state index contributed by atoms with van der Waals surface area (Å²) in [5.74, 6) is 0.508. The maximum absolute atomic E-state index is 12.0. The van der Waals surface area contributed by atoms with Crippen LogP contribution in [-0.2, 0) is 11.3 Å². The smallest absolute Gasteiger partial charge is 0.312 e. The van der Waals surface area contributed by atoms with Crippen LogP contribution in [0.1, 0.15) is 44.2 Å². The van der Waals surface area contributed by atoms with E-state index in [1.165, 1.54) is 0 Å². The third kappa shape index (κ3) is 5.56. The minimum Gasteiger partial charge on any atom is -0.409 e. The number of halogens is 2. The van der Waals surface area contributed by atoms with Crippen molar-refractivity contribution in [2.45, 2.75) is 49.6 Å². The Morgan fingerprint density at radius 3 is 2.38 bits per heavy atom. The first-order valence-corrected chi connectivity index (χ1v) is 10.9. The van der Waals surface area contributed by atoms with E-state index in [1.807, 2.05) is 34.9 Å². The van der Waals surface area contributed by atoms with Crippen LogP contribution in [0.15, 0.2) is 58.7 Å². The number of carbonyl (C=O) groups is 1. The molecule has 29 heavy (non-hydrogen) atoms. The van der Waals surface area contributed by atoms with Gasteiger partial charge in [-0.2, -0.15) is 0 Å². The van der Waals surface area contributed by atoms with Gasteiger partial charge >= 0.3 is 5.97 Å². The summed E-state index contributed by atoms with van der Waals surface area (Å²) < 4.78 is 7.69. The molecule has 3 rings (SSSR count). The molecule has 2 heterocycles. The van der Waals surface area contributed by atoms with Crippen LogP contribution in [0.25, 0.3) is 0 Å². The van der Waals surface area contributed by atoms with Crippen LogP contribution in [0.2, 0.25) is 10.0 Å². The van der Waals surface area contributed by atoms with E-state index in [-0.39, 0.29) is 11.9 Å². The second-order valence-electron chi connectivity index (χ2n) is 6.87. The molecule has 0 unspecified atom stereocenters. The lowest BCUT2D eigenvalue weighted by molar-refractivity contribution is -0.134. The maximum atomic E-state index is 12.0. The SMILES string of the molecule is CCC(=O)Oc1cc(C(C)C)c(Sc2cc(Cl)cc(Cl)c2)n1Cc1ccncc1. The van der Waals surface area contributed by atoms with Crippen LogP contribution in [0.5, 0.6) is 5.88 Å². The molecule has 3 aromatic rings. The molecular formula is C22H22Cl2N2O2S. The molecule has 0 amide bonds. The summed E-state index contributed by atoms with van der Waals surface area (Å²) in [5.41, 5.74) is 2.16. The molecule has 4 nitrogen and oxygen atoms in total. The van der Waals surface area contributed by atoms with Crippen LogP contribution in [0.3, 0.4) is 0 Å². The fraction of sp³-hybridized carbons (Fsp3) is 0.273. The molecule has 0 aliphatic rings. The largest absolute Gasteiger partial charge is 0.409 e. The second kappa shape index (κ2) is 9.70. The second-order valence-corrected chi connectivity index (χ2v) is 8.81. The van der Waals surface area contributed by atoms with Gasteiger partial charge in [0.15, 0.2) is 0 Å². The molecule has 1 aromatic carbocycles. The topological polar surface area (TPSA) is 44.1 Å². The van der Waals surface area contributed by atoms with E-state index in [2.05, 4.69) is 18.8 Å². The summed E-state index contributed by atoms with van der Waals surface area (Å²) in [7, 11) is 0. The number of hydrogen-bond donors (Lipinski definition) is 0. The molecule has 0 bridgehead atoms. The molecule has 0 N–H and O–H groups in total. The monoisotopic (exact) mass is 448 g/mol. The van der Waals surface area contributed by atoms with Gasteiger partial charge in [-0.1, -0.05) is 55.7 Å². The van der Waals surface area contributed by atoms with E-state index < -0.39 is 0 Å². The number of hydrogen-bond acceptors (Lipinski definition) is 4. The maximum Gasteiger partial charge on any atom is 0.312 e. The van der Waals surface area contributed by atoms with E-state index in [4.69, 9.17) is 27.9 Å². The molecule has 7 heteroatoms. The fourth-order valence-corrected chi connectivity index (χ4v) is 4.78. The summed E-state index contributed by atoms with van der Waals surface area (Å²) in [6.07, 6.45) is 3.82. The normalized spacial score (nSPS) is 11.1. The molecule has 0 spiro atoms. The van der Waals surface area contributed by atoms with Gasteiger partial charge in [0.05, 0.1) is 11.6 Å². The Hall–Kier alpha value is -1.95. The standard InChI is InChI=1S/C22H22Cl2N2O2S/c1-4-21(27)28-20-12-19(14(2)3)22(26(20)13-15-5-7-25-8-6-15)29-18-10-16(23)9-17(24)11-18/h5-12,14H,4,13H2,1-3H3. The number of esters is 1. The van der Waals surface area contributed by atoms with Gasteiger partial charge in [-0.05, 0) is 47.4 Å². The quantitative estimate of drug-likeness (QED) is 0.371. The van der Waals surface area contributed by atoms with Crippen molar-refractivity contribution in [3.8, 4) is 5.88 Å². The van der Waals surface area contributed by atoms with Crippen molar-refractivity contribution < 1.29 is 9.53 Å². The Kier molecular flexibility index (Phi) is 7.28. The van der Waals surface area contributed by atoms with Crippen molar-refractivity contribution in [2.75, 3.05) is 0 Å². The van der Waals surface area contributed by atoms with Gasteiger partial charge in [0, 0.05) is 39.8 Å². The molecule has 0 radical (unpaired) electrons. The Morgan fingerprint density at radius 2 is 1.79 bits per heavy atom. The van der Waals surface area contributed by atoms with Gasteiger partial charge in [-0.25, -0.2) is 0 Å². The number of ether oxygens (including phenoxy) is 1. The number of pyridine rings is 1. The number of benzene rings is 1. The lowest BCUT2D eigenvalue weighted by Crippen LogP contribution is -2.11. The third-order valence-electron chi connectivity index (χ3n) is 4.31. The first-order valence-electron chi connectivity index (χ1n) is 9.34. The molecular weight excluding hydrogens is 427 g/mol. The minimum absolute atomic E-state index is 0.241. The van der Waals surface area contributed by atoms with Crippen molar-refractivity contribution in [1.82, 2.24) is 9.55 Å². The highest BCUT2D eigenvalue weighted by Crippen LogP contribution is 2.41. The lowest BCUT2D eigenvalue weighted by atomic mass is 10.1. The van der Waals surface area contributed by atoms with Crippen molar-refractivity contribution in [2.24, 2.45) is 0 Å². The summed E-state index contributed by atoms with van der Waals surface area (Å²) in [4.78, 5) is 17.0. The number of rotatable bonds is 7. The van der Waals surface area contributed by atoms with E-state index in [0.29, 0.717) is 28.9 Å². The lowest BCUT2D eigenvalue weighted by Gasteiger charge is -2.15. The molecule has 2 aromatic heterocycles. The molecule has 0 fully saturated rings. The highest BCUT2D eigenvalue weighted by atomic mass is 35.5. The number of nitrogens with zero attached hydrogens (tertiary/aromatic N) is 2. The Balaban J connectivity index is 2.10. The van der Waals surface area contributed by atoms with Gasteiger partial charge in [0.25, 0.3) is 0 Å². The van der Waals surface area contributed by atoms with E-state index in [9.17, 15) is 4.79 Å². The van der Waals surface area contributed by atoms with Crippen LogP contribution >= 0.6 is 35.0 Å². The highest BCUT2D eigenvalue weighted by molar-refractivity contribution is 7.99. The zero-order valence-corrected chi connectivity index (χ0v) is 18.8. The van der Waals surface area contributed by atoms with Gasteiger partial charge in [0.2, 0.25) is 5.88 Å². The first kappa shape index (κ1) is 21.8. The predicted molar refractivity (Wildman–Crippen MR) is 118 cm³/mol. The summed E-state index contributed by atoms with van der Waals surface area (Å²) in [5, 5.41) is 2.15. The number of carbonyl (C=O) groups excluding carboxylic acids is 1. The Bertz CT molecular complexity index is 983. The van der Waals surface area contributed by atoms with Crippen molar-refractivity contribution >= 4 is 40.9 Å².